The molecule has 0 aromatic heterocycles. The molecule has 0 atom stereocenters. The van der Waals surface area contributed by atoms with Gasteiger partial charge in [-0.2, -0.15) is 13.2 Å². The zero-order valence-corrected chi connectivity index (χ0v) is 13.9. The Morgan fingerprint density at radius 3 is 1.85 bits per heavy atom. The highest BCUT2D eigenvalue weighted by Gasteiger charge is 2.29. The van der Waals surface area contributed by atoms with Crippen molar-refractivity contribution in [2.24, 2.45) is 0 Å². The van der Waals surface area contributed by atoms with Crippen molar-refractivity contribution in [3.05, 3.63) is 59.7 Å². The third-order valence-corrected chi connectivity index (χ3v) is 3.37. The van der Waals surface area contributed by atoms with Crippen molar-refractivity contribution < 1.29 is 27.5 Å². The van der Waals surface area contributed by atoms with Gasteiger partial charge in [-0.15, -0.1) is 0 Å². The molecule has 138 valence electrons. The number of alkyl halides is 3. The van der Waals surface area contributed by atoms with Crippen molar-refractivity contribution in [3.63, 3.8) is 0 Å². The predicted molar refractivity (Wildman–Crippen MR) is 90.7 cm³/mol. The highest BCUT2D eigenvalue weighted by Crippen LogP contribution is 2.29. The Labute approximate surface area is 148 Å². The van der Waals surface area contributed by atoms with Crippen molar-refractivity contribution in [2.75, 3.05) is 24.4 Å². The average molecular weight is 366 g/mol. The van der Waals surface area contributed by atoms with E-state index in [-0.39, 0.29) is 24.8 Å². The summed E-state index contributed by atoms with van der Waals surface area (Å²) in [7, 11) is 1.41. The van der Waals surface area contributed by atoms with Crippen LogP contribution in [0, 0.1) is 0 Å². The molecule has 0 aliphatic rings. The lowest BCUT2D eigenvalue weighted by Gasteiger charge is -2.09. The lowest BCUT2D eigenvalue weighted by molar-refractivity contribution is -0.137. The van der Waals surface area contributed by atoms with E-state index in [0.717, 1.165) is 12.1 Å². The topological polar surface area (TPSA) is 67.4 Å². The largest absolute Gasteiger partial charge is 0.416 e. The van der Waals surface area contributed by atoms with E-state index in [4.69, 9.17) is 4.74 Å². The third-order valence-electron chi connectivity index (χ3n) is 3.37. The van der Waals surface area contributed by atoms with Gasteiger partial charge in [0.2, 0.25) is 11.8 Å². The number of rotatable bonds is 6. The van der Waals surface area contributed by atoms with Crippen molar-refractivity contribution >= 4 is 23.2 Å². The number of ether oxygens (including phenoxy) is 1. The minimum atomic E-state index is -4.40. The molecule has 2 N–H and O–H groups in total. The van der Waals surface area contributed by atoms with E-state index in [1.165, 1.54) is 19.2 Å². The van der Waals surface area contributed by atoms with Crippen LogP contribution in [0.5, 0.6) is 0 Å². The maximum Gasteiger partial charge on any atom is 0.416 e. The lowest BCUT2D eigenvalue weighted by Crippen LogP contribution is -2.17. The molecule has 0 aliphatic heterocycles. The highest BCUT2D eigenvalue weighted by molar-refractivity contribution is 5.94. The molecule has 0 heterocycles. The van der Waals surface area contributed by atoms with E-state index >= 15 is 0 Å². The van der Waals surface area contributed by atoms with Crippen LogP contribution in [-0.2, 0) is 26.9 Å². The van der Waals surface area contributed by atoms with Gasteiger partial charge in [0.1, 0.15) is 6.61 Å². The molecule has 0 spiro atoms. The molecule has 2 aromatic carbocycles. The summed E-state index contributed by atoms with van der Waals surface area (Å²) in [5.41, 5.74) is 0.770. The monoisotopic (exact) mass is 366 g/mol. The molecule has 2 rings (SSSR count). The number of benzene rings is 2. The van der Waals surface area contributed by atoms with Crippen LogP contribution in [0.3, 0.4) is 0 Å². The number of methoxy groups -OCH3 is 1. The van der Waals surface area contributed by atoms with Crippen molar-refractivity contribution in [1.82, 2.24) is 0 Å². The van der Waals surface area contributed by atoms with Gasteiger partial charge in [0.15, 0.2) is 0 Å². The fourth-order valence-corrected chi connectivity index (χ4v) is 2.17. The van der Waals surface area contributed by atoms with Gasteiger partial charge in [0.05, 0.1) is 12.0 Å². The fraction of sp³-hybridized carbons (Fsp3) is 0.222. The zero-order valence-electron chi connectivity index (χ0n) is 13.9. The zero-order chi connectivity index (χ0) is 19.2. The molecule has 0 radical (unpaired) electrons. The summed E-state index contributed by atoms with van der Waals surface area (Å²) >= 11 is 0. The fourth-order valence-electron chi connectivity index (χ4n) is 2.17. The first-order valence-corrected chi connectivity index (χ1v) is 7.63. The second kappa shape index (κ2) is 8.48. The van der Waals surface area contributed by atoms with Crippen LogP contribution in [0.25, 0.3) is 0 Å². The summed E-state index contributed by atoms with van der Waals surface area (Å²) in [4.78, 5) is 23.4. The first-order valence-electron chi connectivity index (χ1n) is 7.63. The first kappa shape index (κ1) is 19.5. The molecule has 2 aromatic rings. The van der Waals surface area contributed by atoms with E-state index in [1.54, 1.807) is 24.3 Å². The molecule has 8 heteroatoms. The molecule has 0 aliphatic carbocycles. The molecule has 26 heavy (non-hydrogen) atoms. The smallest absolute Gasteiger partial charge is 0.375 e. The van der Waals surface area contributed by atoms with Crippen LogP contribution >= 0.6 is 0 Å². The van der Waals surface area contributed by atoms with Crippen LogP contribution in [0.4, 0.5) is 24.5 Å². The molecule has 0 bridgehead atoms. The van der Waals surface area contributed by atoms with E-state index < -0.39 is 11.7 Å². The standard InChI is InChI=1S/C18H17F3N2O3/c1-26-11-17(25)23-15-8-6-14(7-9-15)22-16(24)10-12-2-4-13(5-3-12)18(19,20)21/h2-9H,10-11H2,1H3,(H,22,24)(H,23,25). The Morgan fingerprint density at radius 1 is 0.885 bits per heavy atom. The summed E-state index contributed by atoms with van der Waals surface area (Å²) in [6, 6.07) is 10.9. The Morgan fingerprint density at radius 2 is 1.38 bits per heavy atom. The summed E-state index contributed by atoms with van der Waals surface area (Å²) in [5.74, 6) is -0.660. The van der Waals surface area contributed by atoms with Crippen LogP contribution < -0.4 is 10.6 Å². The summed E-state index contributed by atoms with van der Waals surface area (Å²) in [6.07, 6.45) is -4.45. The van der Waals surface area contributed by atoms with Gasteiger partial charge in [-0.1, -0.05) is 12.1 Å². The molecule has 5 nitrogen and oxygen atoms in total. The van der Waals surface area contributed by atoms with E-state index in [1.807, 2.05) is 0 Å². The van der Waals surface area contributed by atoms with E-state index in [2.05, 4.69) is 10.6 Å². The minimum Gasteiger partial charge on any atom is -0.375 e. The maximum absolute atomic E-state index is 12.5. The van der Waals surface area contributed by atoms with Crippen LogP contribution in [0.1, 0.15) is 11.1 Å². The minimum absolute atomic E-state index is 0.0511. The van der Waals surface area contributed by atoms with Gasteiger partial charge in [-0.3, -0.25) is 9.59 Å². The summed E-state index contributed by atoms with van der Waals surface area (Å²) < 4.78 is 42.2. The molecule has 0 saturated carbocycles. The van der Waals surface area contributed by atoms with Crippen LogP contribution in [0.15, 0.2) is 48.5 Å². The third kappa shape index (κ3) is 5.89. The summed E-state index contributed by atoms with van der Waals surface area (Å²) in [5, 5.41) is 5.25. The number of nitrogens with one attached hydrogen (secondary N) is 2. The summed E-state index contributed by atoms with van der Waals surface area (Å²) in [6.45, 7) is -0.0639. The van der Waals surface area contributed by atoms with E-state index in [0.29, 0.717) is 16.9 Å². The van der Waals surface area contributed by atoms with Gasteiger partial charge in [0, 0.05) is 18.5 Å². The Bertz CT molecular complexity index is 757. The molecule has 0 unspecified atom stereocenters. The van der Waals surface area contributed by atoms with Gasteiger partial charge >= 0.3 is 6.18 Å². The van der Waals surface area contributed by atoms with Gasteiger partial charge in [-0.05, 0) is 42.0 Å². The van der Waals surface area contributed by atoms with Gasteiger partial charge < -0.3 is 15.4 Å². The molecule has 0 fully saturated rings. The van der Waals surface area contributed by atoms with Crippen molar-refractivity contribution in [1.29, 1.82) is 0 Å². The normalized spacial score (nSPS) is 11.1. The van der Waals surface area contributed by atoms with Gasteiger partial charge in [0.25, 0.3) is 0 Å². The second-order valence-corrected chi connectivity index (χ2v) is 5.48. The number of halogens is 3. The molecular formula is C18H17F3N2O3. The number of hydrogen-bond donors (Lipinski definition) is 2. The number of carbonyl (C=O) groups is 2. The van der Waals surface area contributed by atoms with Crippen LogP contribution in [-0.4, -0.2) is 25.5 Å². The van der Waals surface area contributed by atoms with Crippen molar-refractivity contribution in [3.8, 4) is 0 Å². The van der Waals surface area contributed by atoms with Gasteiger partial charge in [-0.25, -0.2) is 0 Å². The number of hydrogen-bond acceptors (Lipinski definition) is 3. The maximum atomic E-state index is 12.5. The Kier molecular flexibility index (Phi) is 6.35. The van der Waals surface area contributed by atoms with Crippen molar-refractivity contribution in [2.45, 2.75) is 12.6 Å². The SMILES string of the molecule is COCC(=O)Nc1ccc(NC(=O)Cc2ccc(C(F)(F)F)cc2)cc1. The van der Waals surface area contributed by atoms with Crippen LogP contribution in [0.2, 0.25) is 0 Å². The van der Waals surface area contributed by atoms with E-state index in [9.17, 15) is 22.8 Å². The molecule has 0 saturated heterocycles. The molecular weight excluding hydrogens is 349 g/mol. The average Bonchev–Trinajstić information content (AvgIpc) is 2.56. The Balaban J connectivity index is 1.90. The number of carbonyl (C=O) groups excluding carboxylic acids is 2. The number of anilines is 2. The predicted octanol–water partition coefficient (Wildman–Crippen LogP) is 3.47. The Hall–Kier alpha value is -2.87. The first-order chi connectivity index (χ1) is 12.3. The highest BCUT2D eigenvalue weighted by atomic mass is 19.4. The number of amides is 2. The quantitative estimate of drug-likeness (QED) is 0.823. The molecule has 2 amide bonds. The second-order valence-electron chi connectivity index (χ2n) is 5.48. The lowest BCUT2D eigenvalue weighted by atomic mass is 10.1.